The molecule has 5 rings (SSSR count). The lowest BCUT2D eigenvalue weighted by molar-refractivity contribution is -0.240. The van der Waals surface area contributed by atoms with Crippen LogP contribution in [0.3, 0.4) is 0 Å². The van der Waals surface area contributed by atoms with Gasteiger partial charge in [-0.2, -0.15) is 5.26 Å². The van der Waals surface area contributed by atoms with Crippen molar-refractivity contribution < 1.29 is 24.2 Å². The highest BCUT2D eigenvalue weighted by atomic mass is 16.5. The maximum absolute atomic E-state index is 14.6. The number of aliphatic hydroxyl groups is 1. The van der Waals surface area contributed by atoms with Crippen molar-refractivity contribution in [2.45, 2.75) is 105 Å². The van der Waals surface area contributed by atoms with Crippen molar-refractivity contribution in [1.29, 1.82) is 5.26 Å². The second-order valence-corrected chi connectivity index (χ2v) is 15.8. The first-order valence-electron chi connectivity index (χ1n) is 15.6. The molecular weight excluding hydrogens is 530 g/mol. The topological polar surface area (TPSA) is 129 Å². The molecule has 3 saturated carbocycles. The van der Waals surface area contributed by atoms with Gasteiger partial charge < -0.3 is 20.5 Å². The molecule has 0 aromatic rings. The summed E-state index contributed by atoms with van der Waals surface area (Å²) in [6.45, 7) is 15.3. The van der Waals surface area contributed by atoms with Crippen molar-refractivity contribution in [2.75, 3.05) is 20.3 Å². The summed E-state index contributed by atoms with van der Waals surface area (Å²) in [7, 11) is 1.59. The molecule has 0 aromatic heterocycles. The third-order valence-corrected chi connectivity index (χ3v) is 13.3. The molecule has 8 atom stereocenters. The second-order valence-electron chi connectivity index (χ2n) is 15.8. The van der Waals surface area contributed by atoms with Gasteiger partial charge in [-0.05, 0) is 80.3 Å². The normalized spacial score (nSPS) is 45.6. The lowest BCUT2D eigenvalue weighted by Crippen LogP contribution is -2.74. The first-order chi connectivity index (χ1) is 19.4. The van der Waals surface area contributed by atoms with Crippen LogP contribution in [0.2, 0.25) is 0 Å². The molecule has 0 saturated heterocycles. The highest BCUT2D eigenvalue weighted by Gasteiger charge is 2.75. The van der Waals surface area contributed by atoms with Crippen molar-refractivity contribution in [1.82, 2.24) is 10.6 Å². The van der Waals surface area contributed by atoms with Gasteiger partial charge in [0.2, 0.25) is 0 Å². The van der Waals surface area contributed by atoms with Gasteiger partial charge in [0.25, 0.3) is 0 Å². The molecule has 0 heterocycles. The van der Waals surface area contributed by atoms with E-state index in [4.69, 9.17) is 4.74 Å². The van der Waals surface area contributed by atoms with Crippen LogP contribution in [0.5, 0.6) is 0 Å². The maximum atomic E-state index is 14.6. The fourth-order valence-electron chi connectivity index (χ4n) is 10.5. The van der Waals surface area contributed by atoms with Crippen LogP contribution in [-0.2, 0) is 14.3 Å². The molecule has 3 N–H and O–H groups in total. The molecule has 8 heteroatoms. The van der Waals surface area contributed by atoms with Gasteiger partial charge in [0, 0.05) is 41.4 Å². The molecule has 2 amide bonds. The maximum Gasteiger partial charge on any atom is 0.315 e. The number of nitrogens with one attached hydrogen (secondary N) is 2. The molecule has 0 aliphatic heterocycles. The minimum Gasteiger partial charge on any atom is -0.383 e. The molecule has 42 heavy (non-hydrogen) atoms. The van der Waals surface area contributed by atoms with Crippen molar-refractivity contribution in [3.63, 3.8) is 0 Å². The number of amides is 2. The number of ether oxygens (including phenoxy) is 1. The summed E-state index contributed by atoms with van der Waals surface area (Å²) in [5, 5.41) is 28.9. The smallest absolute Gasteiger partial charge is 0.315 e. The van der Waals surface area contributed by atoms with Crippen molar-refractivity contribution in [3.05, 3.63) is 23.3 Å². The van der Waals surface area contributed by atoms with Crippen LogP contribution in [-0.4, -0.2) is 54.1 Å². The predicted octanol–water partition coefficient (Wildman–Crippen LogP) is 5.02. The number of hydrogen-bond acceptors (Lipinski definition) is 6. The van der Waals surface area contributed by atoms with E-state index in [0.717, 1.165) is 37.7 Å². The summed E-state index contributed by atoms with van der Waals surface area (Å²) < 4.78 is 5.05. The molecule has 0 aromatic carbocycles. The molecule has 0 unspecified atom stereocenters. The van der Waals surface area contributed by atoms with Crippen LogP contribution in [0.15, 0.2) is 23.3 Å². The summed E-state index contributed by atoms with van der Waals surface area (Å²) in [6.07, 6.45) is 8.69. The molecule has 230 valence electrons. The van der Waals surface area contributed by atoms with Gasteiger partial charge >= 0.3 is 6.03 Å². The van der Waals surface area contributed by atoms with E-state index in [1.807, 2.05) is 26.8 Å². The highest BCUT2D eigenvalue weighted by Crippen LogP contribution is 2.75. The minimum absolute atomic E-state index is 0.0517. The number of nitrogens with zero attached hydrogens (tertiary/aromatic N) is 1. The van der Waals surface area contributed by atoms with E-state index in [2.05, 4.69) is 44.4 Å². The standard InChI is InChI=1S/C34H49N3O5/c1-28(2)22-9-10-32(6)23(31(22,5)18-21(20-35)26(28)39)17-25(38)34(41)24-19-30(4,37-27(40)36-15-16-42-8)13-11-29(24,3)12-14-33(32,34)7/h17-18,22,24,41H,9-16,19H2,1-8H3,(H2,36,37,40)/t22-,24+,29-,30-,31-,32+,33-,34+/m0/s1. The Labute approximate surface area is 250 Å². The fourth-order valence-corrected chi connectivity index (χ4v) is 10.5. The Hall–Kier alpha value is -2.50. The number of ketones is 2. The molecule has 5 aliphatic carbocycles. The zero-order chi connectivity index (χ0) is 31.1. The fraction of sp³-hybridized carbons (Fsp3) is 0.765. The van der Waals surface area contributed by atoms with Gasteiger partial charge in [0.1, 0.15) is 11.7 Å². The summed E-state index contributed by atoms with van der Waals surface area (Å²) in [6, 6.07) is 1.88. The van der Waals surface area contributed by atoms with Crippen LogP contribution in [0.1, 0.15) is 93.4 Å². The predicted molar refractivity (Wildman–Crippen MR) is 159 cm³/mol. The van der Waals surface area contributed by atoms with Gasteiger partial charge in [0.05, 0.1) is 12.2 Å². The Bertz CT molecular complexity index is 1330. The lowest BCUT2D eigenvalue weighted by Gasteiger charge is -2.71. The van der Waals surface area contributed by atoms with Crippen LogP contribution in [0, 0.1) is 50.2 Å². The van der Waals surface area contributed by atoms with E-state index >= 15 is 0 Å². The molecule has 0 radical (unpaired) electrons. The van der Waals surface area contributed by atoms with Gasteiger partial charge in [-0.3, -0.25) is 9.59 Å². The Kier molecular flexibility index (Phi) is 7.00. The number of rotatable bonds is 4. The van der Waals surface area contributed by atoms with E-state index in [-0.39, 0.29) is 40.4 Å². The minimum atomic E-state index is -1.61. The number of hydrogen-bond donors (Lipinski definition) is 3. The highest BCUT2D eigenvalue weighted by molar-refractivity contribution is 6.05. The zero-order valence-electron chi connectivity index (χ0n) is 26.7. The van der Waals surface area contributed by atoms with E-state index in [0.29, 0.717) is 26.0 Å². The van der Waals surface area contributed by atoms with Crippen molar-refractivity contribution >= 4 is 17.6 Å². The van der Waals surface area contributed by atoms with E-state index in [1.165, 1.54) is 0 Å². The zero-order valence-corrected chi connectivity index (χ0v) is 26.7. The number of fused-ring (bicyclic) bond motifs is 7. The third kappa shape index (κ3) is 3.88. The average molecular weight is 580 g/mol. The van der Waals surface area contributed by atoms with Crippen LogP contribution >= 0.6 is 0 Å². The second kappa shape index (κ2) is 9.50. The average Bonchev–Trinajstić information content (AvgIpc) is 2.91. The summed E-state index contributed by atoms with van der Waals surface area (Å²) in [4.78, 5) is 40.6. The van der Waals surface area contributed by atoms with Crippen molar-refractivity contribution in [3.8, 4) is 6.07 Å². The monoisotopic (exact) mass is 579 g/mol. The molecule has 8 nitrogen and oxygen atoms in total. The number of urea groups is 1. The van der Waals surface area contributed by atoms with Gasteiger partial charge in [-0.25, -0.2) is 4.79 Å². The largest absolute Gasteiger partial charge is 0.383 e. The Balaban J connectivity index is 1.59. The van der Waals surface area contributed by atoms with Crippen LogP contribution in [0.25, 0.3) is 0 Å². The van der Waals surface area contributed by atoms with E-state index in [1.54, 1.807) is 13.2 Å². The third-order valence-electron chi connectivity index (χ3n) is 13.3. The molecular formula is C34H49N3O5. The summed E-state index contributed by atoms with van der Waals surface area (Å²) in [5.74, 6) is -0.797. The molecule has 0 bridgehead atoms. The number of carbonyl (C=O) groups is 3. The van der Waals surface area contributed by atoms with Gasteiger partial charge in [0.15, 0.2) is 11.6 Å². The quantitative estimate of drug-likeness (QED) is 0.401. The first-order valence-corrected chi connectivity index (χ1v) is 15.6. The lowest BCUT2D eigenvalue weighted by atomic mass is 9.33. The van der Waals surface area contributed by atoms with E-state index < -0.39 is 32.8 Å². The van der Waals surface area contributed by atoms with E-state index in [9.17, 15) is 24.8 Å². The Morgan fingerprint density at radius 1 is 1.05 bits per heavy atom. The molecule has 3 fully saturated rings. The van der Waals surface area contributed by atoms with Gasteiger partial charge in [-0.1, -0.05) is 47.6 Å². The van der Waals surface area contributed by atoms with Gasteiger partial charge in [-0.15, -0.1) is 0 Å². The SMILES string of the molecule is COCCNC(=O)N[C@@]1(C)CC[C@@]2(C)CC[C@@]3(C)[C@]4(C)CC[C@H]5C(C)(C)C(=O)C(C#N)=C[C@]5(C)C4=CC(=O)[C@]3(O)[C@@H]2C1. The number of nitriles is 1. The number of carbonyl (C=O) groups excluding carboxylic acids is 3. The number of methoxy groups -OCH3 is 1. The van der Waals surface area contributed by atoms with Crippen LogP contribution in [0.4, 0.5) is 4.79 Å². The number of allylic oxidation sites excluding steroid dienone is 3. The molecule has 0 spiro atoms. The summed E-state index contributed by atoms with van der Waals surface area (Å²) >= 11 is 0. The summed E-state index contributed by atoms with van der Waals surface area (Å²) in [5.41, 5.74) is -3.99. The Morgan fingerprint density at radius 3 is 2.36 bits per heavy atom. The van der Waals surface area contributed by atoms with Crippen LogP contribution < -0.4 is 10.6 Å². The van der Waals surface area contributed by atoms with Crippen molar-refractivity contribution in [2.24, 2.45) is 38.9 Å². The Morgan fingerprint density at radius 2 is 1.71 bits per heavy atom. The number of Topliss-reactive ketones (excluding diaryl/α,β-unsaturated/α-hetero) is 1. The first kappa shape index (κ1) is 30.9. The molecule has 5 aliphatic rings.